The van der Waals surface area contributed by atoms with Gasteiger partial charge < -0.3 is 11.1 Å². The van der Waals surface area contributed by atoms with Gasteiger partial charge in [-0.1, -0.05) is 18.2 Å². The third-order valence-electron chi connectivity index (χ3n) is 4.30. The van der Waals surface area contributed by atoms with Crippen LogP contribution in [-0.2, 0) is 17.6 Å². The van der Waals surface area contributed by atoms with Crippen LogP contribution in [0, 0.1) is 10.1 Å². The number of halogens is 1. The fourth-order valence-corrected chi connectivity index (χ4v) is 3.19. The summed E-state index contributed by atoms with van der Waals surface area (Å²) in [4.78, 5) is 22.7. The molecule has 0 heterocycles. The van der Waals surface area contributed by atoms with E-state index in [1.165, 1.54) is 17.7 Å². The first-order chi connectivity index (χ1) is 11.5. The van der Waals surface area contributed by atoms with Crippen LogP contribution in [0.5, 0.6) is 0 Å². The van der Waals surface area contributed by atoms with Gasteiger partial charge in [0.15, 0.2) is 0 Å². The van der Waals surface area contributed by atoms with Gasteiger partial charge in [0.05, 0.1) is 17.4 Å². The summed E-state index contributed by atoms with van der Waals surface area (Å²) in [5, 5.41) is 13.9. The summed E-state index contributed by atoms with van der Waals surface area (Å²) in [6, 6.07) is 11.9. The van der Waals surface area contributed by atoms with Gasteiger partial charge in [-0.2, -0.15) is 0 Å². The number of hydrogen-bond acceptors (Lipinski definition) is 4. The number of amides is 1. The molecule has 3 rings (SSSR count). The van der Waals surface area contributed by atoms with Gasteiger partial charge in [-0.05, 0) is 48.1 Å². The molecule has 1 unspecified atom stereocenters. The molecular weight excluding hydrogens is 342 g/mol. The second-order valence-electron chi connectivity index (χ2n) is 6.07. The molecule has 3 N–H and O–H groups in total. The number of aryl methyl sites for hydroxylation is 1. The maximum absolute atomic E-state index is 12.3. The molecule has 0 bridgehead atoms. The number of fused-ring (bicyclic) bond motifs is 1. The molecule has 0 saturated carbocycles. The van der Waals surface area contributed by atoms with E-state index in [1.54, 1.807) is 12.1 Å². The Hall–Kier alpha value is -2.60. The maximum atomic E-state index is 12.3. The Morgan fingerprint density at radius 3 is 2.84 bits per heavy atom. The quantitative estimate of drug-likeness (QED) is 0.495. The highest BCUT2D eigenvalue weighted by Crippen LogP contribution is 2.31. The third-order valence-corrected chi connectivity index (χ3v) is 4.30. The fraction of sp³-hybridized carbons (Fsp3) is 0.278. The summed E-state index contributed by atoms with van der Waals surface area (Å²) in [6.07, 6.45) is 2.98. The number of nitrogens with one attached hydrogen (secondary N) is 1. The minimum Gasteiger partial charge on any atom is -0.399 e. The van der Waals surface area contributed by atoms with Gasteiger partial charge in [0.2, 0.25) is 5.91 Å². The molecule has 1 aliphatic rings. The predicted molar refractivity (Wildman–Crippen MR) is 98.7 cm³/mol. The molecule has 0 fully saturated rings. The van der Waals surface area contributed by atoms with Crippen LogP contribution in [0.1, 0.15) is 35.6 Å². The zero-order valence-electron chi connectivity index (χ0n) is 13.6. The molecule has 0 aromatic heterocycles. The van der Waals surface area contributed by atoms with Crippen LogP contribution in [0.25, 0.3) is 0 Å². The Labute approximate surface area is 152 Å². The van der Waals surface area contributed by atoms with Gasteiger partial charge in [0.25, 0.3) is 5.69 Å². The minimum absolute atomic E-state index is 0. The zero-order valence-corrected chi connectivity index (χ0v) is 14.4. The molecule has 2 aromatic carbocycles. The second-order valence-corrected chi connectivity index (χ2v) is 6.07. The van der Waals surface area contributed by atoms with E-state index in [2.05, 4.69) is 5.32 Å². The summed E-state index contributed by atoms with van der Waals surface area (Å²) in [5.74, 6) is -0.134. The molecule has 7 heteroatoms. The second kappa shape index (κ2) is 7.98. The van der Waals surface area contributed by atoms with Crippen molar-refractivity contribution >= 4 is 29.7 Å². The molecule has 0 radical (unpaired) electrons. The summed E-state index contributed by atoms with van der Waals surface area (Å²) < 4.78 is 0. The lowest BCUT2D eigenvalue weighted by Gasteiger charge is -2.26. The Bertz CT molecular complexity index is 795. The van der Waals surface area contributed by atoms with Crippen molar-refractivity contribution in [3.8, 4) is 0 Å². The first kappa shape index (κ1) is 18.7. The fourth-order valence-electron chi connectivity index (χ4n) is 3.19. The van der Waals surface area contributed by atoms with Crippen molar-refractivity contribution in [1.29, 1.82) is 0 Å². The monoisotopic (exact) mass is 361 g/mol. The number of nitro groups is 1. The summed E-state index contributed by atoms with van der Waals surface area (Å²) in [6.45, 7) is 0. The standard InChI is InChI=1S/C18H19N3O3.ClH/c19-14-7-8-16-13(11-14)4-2-6-17(16)20-18(22)10-12-3-1-5-15(9-12)21(23)24;/h1,3,5,7-9,11,17H,2,4,6,10,19H2,(H,20,22);1H. The highest BCUT2D eigenvalue weighted by Gasteiger charge is 2.22. The first-order valence-electron chi connectivity index (χ1n) is 7.94. The molecule has 6 nitrogen and oxygen atoms in total. The average molecular weight is 362 g/mol. The van der Waals surface area contributed by atoms with Crippen LogP contribution in [0.15, 0.2) is 42.5 Å². The van der Waals surface area contributed by atoms with Crippen molar-refractivity contribution in [2.45, 2.75) is 31.7 Å². The van der Waals surface area contributed by atoms with E-state index in [9.17, 15) is 14.9 Å². The number of carbonyl (C=O) groups is 1. The normalized spacial score (nSPS) is 15.6. The largest absolute Gasteiger partial charge is 0.399 e. The predicted octanol–water partition coefficient (Wildman–Crippen LogP) is 3.34. The summed E-state index contributed by atoms with van der Waals surface area (Å²) >= 11 is 0. The molecule has 0 saturated heterocycles. The number of hydrogen-bond donors (Lipinski definition) is 2. The molecular formula is C18H20ClN3O3. The van der Waals surface area contributed by atoms with Crippen LogP contribution < -0.4 is 11.1 Å². The van der Waals surface area contributed by atoms with E-state index in [0.717, 1.165) is 30.5 Å². The number of benzene rings is 2. The molecule has 132 valence electrons. The van der Waals surface area contributed by atoms with Crippen molar-refractivity contribution in [3.63, 3.8) is 0 Å². The lowest BCUT2D eigenvalue weighted by atomic mass is 9.87. The number of nitrogen functional groups attached to an aromatic ring is 1. The minimum atomic E-state index is -0.455. The number of nitro benzene ring substituents is 1. The molecule has 25 heavy (non-hydrogen) atoms. The SMILES string of the molecule is Cl.Nc1ccc2c(c1)CCCC2NC(=O)Cc1cccc([N+](=O)[O-])c1. The van der Waals surface area contributed by atoms with Gasteiger partial charge in [0.1, 0.15) is 0 Å². The van der Waals surface area contributed by atoms with Crippen molar-refractivity contribution in [1.82, 2.24) is 5.32 Å². The Balaban J connectivity index is 0.00000225. The highest BCUT2D eigenvalue weighted by molar-refractivity contribution is 5.85. The number of anilines is 1. The lowest BCUT2D eigenvalue weighted by Crippen LogP contribution is -2.32. The van der Waals surface area contributed by atoms with E-state index >= 15 is 0 Å². The van der Waals surface area contributed by atoms with E-state index in [4.69, 9.17) is 5.73 Å². The highest BCUT2D eigenvalue weighted by atomic mass is 35.5. The van der Waals surface area contributed by atoms with Crippen molar-refractivity contribution in [2.75, 3.05) is 5.73 Å². The van der Waals surface area contributed by atoms with E-state index in [0.29, 0.717) is 5.56 Å². The summed E-state index contributed by atoms with van der Waals surface area (Å²) in [5.41, 5.74) is 9.49. The van der Waals surface area contributed by atoms with Crippen LogP contribution in [-0.4, -0.2) is 10.8 Å². The van der Waals surface area contributed by atoms with Crippen molar-refractivity contribution < 1.29 is 9.72 Å². The van der Waals surface area contributed by atoms with E-state index < -0.39 is 4.92 Å². The number of rotatable bonds is 4. The van der Waals surface area contributed by atoms with Gasteiger partial charge in [-0.15, -0.1) is 12.4 Å². The van der Waals surface area contributed by atoms with E-state index in [1.807, 2.05) is 18.2 Å². The molecule has 1 atom stereocenters. The van der Waals surface area contributed by atoms with Gasteiger partial charge in [-0.25, -0.2) is 0 Å². The van der Waals surface area contributed by atoms with Gasteiger partial charge in [-0.3, -0.25) is 14.9 Å². The Morgan fingerprint density at radius 2 is 2.08 bits per heavy atom. The van der Waals surface area contributed by atoms with Crippen LogP contribution in [0.3, 0.4) is 0 Å². The number of nitrogens with zero attached hydrogens (tertiary/aromatic N) is 1. The van der Waals surface area contributed by atoms with Crippen molar-refractivity contribution in [3.05, 3.63) is 69.3 Å². The third kappa shape index (κ3) is 4.48. The van der Waals surface area contributed by atoms with Crippen LogP contribution in [0.4, 0.5) is 11.4 Å². The van der Waals surface area contributed by atoms with Crippen LogP contribution in [0.2, 0.25) is 0 Å². The molecule has 2 aromatic rings. The van der Waals surface area contributed by atoms with Crippen LogP contribution >= 0.6 is 12.4 Å². The lowest BCUT2D eigenvalue weighted by molar-refractivity contribution is -0.384. The molecule has 0 aliphatic heterocycles. The average Bonchev–Trinajstić information content (AvgIpc) is 2.55. The Kier molecular flexibility index (Phi) is 5.98. The van der Waals surface area contributed by atoms with Crippen molar-refractivity contribution in [2.24, 2.45) is 0 Å². The Morgan fingerprint density at radius 1 is 1.28 bits per heavy atom. The van der Waals surface area contributed by atoms with E-state index in [-0.39, 0.29) is 36.5 Å². The first-order valence-corrected chi connectivity index (χ1v) is 7.94. The molecule has 0 spiro atoms. The zero-order chi connectivity index (χ0) is 17.1. The topological polar surface area (TPSA) is 98.3 Å². The smallest absolute Gasteiger partial charge is 0.269 e. The molecule has 1 amide bonds. The number of nitrogens with two attached hydrogens (primary N) is 1. The van der Waals surface area contributed by atoms with Gasteiger partial charge in [0, 0.05) is 17.8 Å². The maximum Gasteiger partial charge on any atom is 0.269 e. The number of non-ortho nitro benzene ring substituents is 1. The number of carbonyl (C=O) groups excluding carboxylic acids is 1. The van der Waals surface area contributed by atoms with Gasteiger partial charge >= 0.3 is 0 Å². The molecule has 1 aliphatic carbocycles. The summed E-state index contributed by atoms with van der Waals surface area (Å²) in [7, 11) is 0.